The predicted octanol–water partition coefficient (Wildman–Crippen LogP) is 6.09. The van der Waals surface area contributed by atoms with Crippen molar-refractivity contribution in [2.75, 3.05) is 20.1 Å². The fourth-order valence-corrected chi connectivity index (χ4v) is 6.06. The SMILES string of the molecule is CN(C[C@@H]1C[C@H](c2ccc(CO)cc2)O[C@H](c2ccc(-c3cccc(CNC(=O)c4cccnc4)c3)cc2)O1)C[C@@H](O)c1cccc(O)c1. The number of aliphatic hydroxyl groups excluding tert-OH is 2. The quantitative estimate of drug-likeness (QED) is 0.127. The molecule has 4 aromatic carbocycles. The molecular weight excluding hydrogens is 618 g/mol. The number of likely N-dealkylation sites (N-methyl/N-ethyl adjacent to an activating group) is 1. The Morgan fingerprint density at radius 3 is 2.41 bits per heavy atom. The predicted molar refractivity (Wildman–Crippen MR) is 186 cm³/mol. The first-order valence-electron chi connectivity index (χ1n) is 16.4. The summed E-state index contributed by atoms with van der Waals surface area (Å²) in [6.45, 7) is 1.29. The first kappa shape index (κ1) is 34.0. The number of carbonyl (C=O) groups is 1. The number of amides is 1. The molecule has 1 saturated heterocycles. The molecule has 49 heavy (non-hydrogen) atoms. The van der Waals surface area contributed by atoms with Gasteiger partial charge in [0.25, 0.3) is 5.91 Å². The summed E-state index contributed by atoms with van der Waals surface area (Å²) in [5.74, 6) is -0.0518. The Morgan fingerprint density at radius 1 is 0.898 bits per heavy atom. The largest absolute Gasteiger partial charge is 0.508 e. The van der Waals surface area contributed by atoms with Crippen molar-refractivity contribution in [2.24, 2.45) is 0 Å². The van der Waals surface area contributed by atoms with Crippen molar-refractivity contribution in [3.05, 3.63) is 155 Å². The van der Waals surface area contributed by atoms with E-state index >= 15 is 0 Å². The smallest absolute Gasteiger partial charge is 0.253 e. The van der Waals surface area contributed by atoms with Crippen LogP contribution in [-0.4, -0.2) is 57.4 Å². The highest BCUT2D eigenvalue weighted by Crippen LogP contribution is 2.39. The summed E-state index contributed by atoms with van der Waals surface area (Å²) in [5.41, 5.74) is 6.92. The molecule has 6 rings (SSSR count). The third-order valence-electron chi connectivity index (χ3n) is 8.69. The molecule has 1 aromatic heterocycles. The van der Waals surface area contributed by atoms with Gasteiger partial charge in [0.15, 0.2) is 6.29 Å². The molecule has 1 aliphatic heterocycles. The van der Waals surface area contributed by atoms with Crippen molar-refractivity contribution >= 4 is 5.91 Å². The van der Waals surface area contributed by atoms with E-state index < -0.39 is 12.4 Å². The van der Waals surface area contributed by atoms with Crippen LogP contribution in [0.2, 0.25) is 0 Å². The third kappa shape index (κ3) is 8.97. The van der Waals surface area contributed by atoms with Gasteiger partial charge in [-0.15, -0.1) is 0 Å². The average molecular weight is 660 g/mol. The minimum atomic E-state index is -0.766. The average Bonchev–Trinajstić information content (AvgIpc) is 3.14. The Bertz CT molecular complexity index is 1820. The van der Waals surface area contributed by atoms with Crippen LogP contribution >= 0.6 is 0 Å². The standard InChI is InChI=1S/C40H41N3O6/c1-43(25-37(46)33-7-3-9-35(45)20-33)24-36-21-38(30-12-10-27(26-44)11-13-30)49-40(48-36)31-16-14-29(15-17-31)32-6-2-5-28(19-32)22-42-39(47)34-8-4-18-41-23-34/h2-20,23,36-38,40,44-46H,21-22,24-26H2,1H3,(H,42,47)/t36-,37+,38+,40+/m0/s1. The lowest BCUT2D eigenvalue weighted by Crippen LogP contribution is -2.39. The van der Waals surface area contributed by atoms with E-state index in [4.69, 9.17) is 9.47 Å². The summed E-state index contributed by atoms with van der Waals surface area (Å²) in [5, 5.41) is 33.2. The normalized spacial score (nSPS) is 18.2. The first-order valence-corrected chi connectivity index (χ1v) is 16.4. The van der Waals surface area contributed by atoms with Crippen LogP contribution in [-0.2, 0) is 22.6 Å². The highest BCUT2D eigenvalue weighted by Gasteiger charge is 2.33. The van der Waals surface area contributed by atoms with Crippen molar-refractivity contribution in [2.45, 2.75) is 44.2 Å². The molecule has 0 aliphatic carbocycles. The maximum absolute atomic E-state index is 12.5. The number of phenols is 1. The van der Waals surface area contributed by atoms with Crippen molar-refractivity contribution in [1.29, 1.82) is 0 Å². The lowest BCUT2D eigenvalue weighted by Gasteiger charge is -2.38. The number of aromatic hydroxyl groups is 1. The van der Waals surface area contributed by atoms with Gasteiger partial charge in [-0.3, -0.25) is 9.78 Å². The number of nitrogens with zero attached hydrogens (tertiary/aromatic N) is 2. The molecule has 0 unspecified atom stereocenters. The summed E-state index contributed by atoms with van der Waals surface area (Å²) in [6.07, 6.45) is 1.99. The second-order valence-electron chi connectivity index (χ2n) is 12.4. The van der Waals surface area contributed by atoms with Crippen molar-refractivity contribution in [1.82, 2.24) is 15.2 Å². The zero-order valence-corrected chi connectivity index (χ0v) is 27.4. The van der Waals surface area contributed by atoms with E-state index in [9.17, 15) is 20.1 Å². The van der Waals surface area contributed by atoms with E-state index in [0.717, 1.165) is 33.4 Å². The van der Waals surface area contributed by atoms with E-state index in [1.807, 2.05) is 78.7 Å². The molecular formula is C40H41N3O6. The lowest BCUT2D eigenvalue weighted by atomic mass is 9.98. The summed E-state index contributed by atoms with van der Waals surface area (Å²) < 4.78 is 13.1. The summed E-state index contributed by atoms with van der Waals surface area (Å²) >= 11 is 0. The van der Waals surface area contributed by atoms with Crippen LogP contribution in [0.5, 0.6) is 5.75 Å². The van der Waals surface area contributed by atoms with Gasteiger partial charge >= 0.3 is 0 Å². The molecule has 4 atom stereocenters. The number of carbonyl (C=O) groups excluding carboxylic acids is 1. The van der Waals surface area contributed by atoms with Crippen molar-refractivity contribution in [3.8, 4) is 16.9 Å². The van der Waals surface area contributed by atoms with Gasteiger partial charge in [0.1, 0.15) is 5.75 Å². The van der Waals surface area contributed by atoms with Gasteiger partial charge in [-0.25, -0.2) is 0 Å². The molecule has 0 radical (unpaired) electrons. The Kier molecular flexibility index (Phi) is 11.1. The minimum absolute atomic E-state index is 0.0260. The van der Waals surface area contributed by atoms with E-state index in [1.54, 1.807) is 48.8 Å². The highest BCUT2D eigenvalue weighted by molar-refractivity contribution is 5.93. The van der Waals surface area contributed by atoms with Crippen LogP contribution in [0, 0.1) is 0 Å². The summed E-state index contributed by atoms with van der Waals surface area (Å²) in [6, 6.07) is 34.1. The lowest BCUT2D eigenvalue weighted by molar-refractivity contribution is -0.252. The van der Waals surface area contributed by atoms with Gasteiger partial charge < -0.3 is 35.0 Å². The van der Waals surface area contributed by atoms with Gasteiger partial charge in [0.05, 0.1) is 30.5 Å². The molecule has 0 spiro atoms. The Balaban J connectivity index is 1.15. The van der Waals surface area contributed by atoms with Gasteiger partial charge in [-0.05, 0) is 70.8 Å². The third-order valence-corrected chi connectivity index (χ3v) is 8.69. The fourth-order valence-electron chi connectivity index (χ4n) is 6.06. The molecule has 0 bridgehead atoms. The number of hydrogen-bond donors (Lipinski definition) is 4. The number of aliphatic hydroxyl groups is 2. The number of benzene rings is 4. The molecule has 5 aromatic rings. The van der Waals surface area contributed by atoms with E-state index in [2.05, 4.69) is 16.4 Å². The molecule has 1 aliphatic rings. The van der Waals surface area contributed by atoms with Gasteiger partial charge in [-0.2, -0.15) is 0 Å². The Labute approximate surface area is 286 Å². The zero-order chi connectivity index (χ0) is 34.2. The molecule has 0 saturated carbocycles. The summed E-state index contributed by atoms with van der Waals surface area (Å²) in [4.78, 5) is 18.5. The maximum Gasteiger partial charge on any atom is 0.253 e. The fraction of sp³-hybridized carbons (Fsp3) is 0.250. The van der Waals surface area contributed by atoms with Crippen LogP contribution in [0.4, 0.5) is 0 Å². The molecule has 2 heterocycles. The first-order chi connectivity index (χ1) is 23.8. The number of phenolic OH excluding ortho intramolecular Hbond substituents is 1. The molecule has 9 heteroatoms. The van der Waals surface area contributed by atoms with Crippen LogP contribution in [0.1, 0.15) is 63.1 Å². The number of hydrogen-bond acceptors (Lipinski definition) is 8. The van der Waals surface area contributed by atoms with Crippen LogP contribution in [0.25, 0.3) is 11.1 Å². The monoisotopic (exact) mass is 659 g/mol. The number of aromatic nitrogens is 1. The number of rotatable bonds is 12. The van der Waals surface area contributed by atoms with Crippen molar-refractivity contribution < 1.29 is 29.6 Å². The summed E-state index contributed by atoms with van der Waals surface area (Å²) in [7, 11) is 1.94. The number of ether oxygens (including phenoxy) is 2. The number of nitrogens with one attached hydrogen (secondary N) is 1. The molecule has 1 amide bonds. The number of pyridine rings is 1. The zero-order valence-electron chi connectivity index (χ0n) is 27.4. The molecule has 1 fully saturated rings. The van der Waals surface area contributed by atoms with Crippen LogP contribution < -0.4 is 5.32 Å². The maximum atomic E-state index is 12.5. The topological polar surface area (TPSA) is 124 Å². The van der Waals surface area contributed by atoms with Gasteiger partial charge in [0, 0.05) is 44.0 Å². The molecule has 4 N–H and O–H groups in total. The Hall–Kier alpha value is -4.90. The minimum Gasteiger partial charge on any atom is -0.508 e. The molecule has 9 nitrogen and oxygen atoms in total. The van der Waals surface area contributed by atoms with E-state index in [1.165, 1.54) is 0 Å². The van der Waals surface area contributed by atoms with Gasteiger partial charge in [-0.1, -0.05) is 78.9 Å². The highest BCUT2D eigenvalue weighted by atomic mass is 16.7. The van der Waals surface area contributed by atoms with Crippen LogP contribution in [0.3, 0.4) is 0 Å². The second kappa shape index (κ2) is 16.0. The van der Waals surface area contributed by atoms with Crippen LogP contribution in [0.15, 0.2) is 122 Å². The van der Waals surface area contributed by atoms with Gasteiger partial charge in [0.2, 0.25) is 0 Å². The van der Waals surface area contributed by atoms with Crippen molar-refractivity contribution in [3.63, 3.8) is 0 Å². The molecule has 252 valence electrons. The second-order valence-corrected chi connectivity index (χ2v) is 12.4. The Morgan fingerprint density at radius 2 is 1.67 bits per heavy atom. The van der Waals surface area contributed by atoms with E-state index in [0.29, 0.717) is 37.2 Å². The van der Waals surface area contributed by atoms with E-state index in [-0.39, 0.29) is 30.5 Å².